The molecule has 0 aliphatic carbocycles. The maximum atomic E-state index is 12.7. The van der Waals surface area contributed by atoms with Crippen LogP contribution in [0.3, 0.4) is 0 Å². The lowest BCUT2D eigenvalue weighted by atomic mass is 9.88. The van der Waals surface area contributed by atoms with Crippen LogP contribution in [0.15, 0.2) is 48.5 Å². The molecule has 3 aromatic rings. The van der Waals surface area contributed by atoms with E-state index in [0.717, 1.165) is 22.5 Å². The third-order valence-corrected chi connectivity index (χ3v) is 6.02. The highest BCUT2D eigenvalue weighted by Gasteiger charge is 2.22. The number of benzene rings is 2. The first-order valence-corrected chi connectivity index (χ1v) is 11.3. The zero-order valence-electron chi connectivity index (χ0n) is 20.5. The van der Waals surface area contributed by atoms with Gasteiger partial charge in [0.15, 0.2) is 5.69 Å². The molecule has 0 aliphatic heterocycles. The van der Waals surface area contributed by atoms with Crippen molar-refractivity contribution < 1.29 is 14.3 Å². The Hall–Kier alpha value is -3.41. The summed E-state index contributed by atoms with van der Waals surface area (Å²) < 4.78 is 6.88. The molecule has 6 nitrogen and oxygen atoms in total. The second-order valence-electron chi connectivity index (χ2n) is 9.45. The smallest absolute Gasteiger partial charge is 0.358 e. The van der Waals surface area contributed by atoms with Crippen molar-refractivity contribution in [2.75, 3.05) is 6.61 Å². The Morgan fingerprint density at radius 3 is 2.27 bits per heavy atom. The molecule has 3 rings (SSSR count). The van der Waals surface area contributed by atoms with Gasteiger partial charge in [-0.25, -0.2) is 9.48 Å². The summed E-state index contributed by atoms with van der Waals surface area (Å²) in [7, 11) is 0. The Morgan fingerprint density at radius 2 is 1.70 bits per heavy atom. The minimum absolute atomic E-state index is 0.0271. The second-order valence-corrected chi connectivity index (χ2v) is 9.45. The fraction of sp³-hybridized carbons (Fsp3) is 0.370. The number of rotatable bonds is 6. The Morgan fingerprint density at radius 1 is 1.03 bits per heavy atom. The average molecular weight is 448 g/mol. The van der Waals surface area contributed by atoms with Gasteiger partial charge in [0.2, 0.25) is 0 Å². The molecule has 1 N–H and O–H groups in total. The number of carbonyl (C=O) groups is 2. The topological polar surface area (TPSA) is 73.2 Å². The van der Waals surface area contributed by atoms with E-state index in [1.165, 1.54) is 5.56 Å². The van der Waals surface area contributed by atoms with Crippen LogP contribution >= 0.6 is 0 Å². The van der Waals surface area contributed by atoms with Gasteiger partial charge in [-0.2, -0.15) is 5.10 Å². The quantitative estimate of drug-likeness (QED) is 0.507. The minimum Gasteiger partial charge on any atom is -0.461 e. The largest absolute Gasteiger partial charge is 0.461 e. The zero-order valence-corrected chi connectivity index (χ0v) is 20.5. The van der Waals surface area contributed by atoms with Gasteiger partial charge in [0, 0.05) is 17.2 Å². The fourth-order valence-corrected chi connectivity index (χ4v) is 3.24. The molecule has 0 radical (unpaired) electrons. The first kappa shape index (κ1) is 24.2. The van der Waals surface area contributed by atoms with Crippen molar-refractivity contribution in [2.45, 2.75) is 54.5 Å². The van der Waals surface area contributed by atoms with Crippen LogP contribution in [0.4, 0.5) is 0 Å². The predicted molar refractivity (Wildman–Crippen MR) is 131 cm³/mol. The number of amides is 1. The maximum Gasteiger partial charge on any atom is 0.358 e. The SMILES string of the molecule is CCOC(=O)c1cc(-c2ccc(C)c(C)c2)n(-c2ccc(C(=O)N[C@@H](C)C(C)(C)C)cc2)n1. The van der Waals surface area contributed by atoms with Gasteiger partial charge in [0.1, 0.15) is 0 Å². The van der Waals surface area contributed by atoms with Crippen molar-refractivity contribution in [3.63, 3.8) is 0 Å². The highest BCUT2D eigenvalue weighted by molar-refractivity contribution is 5.94. The molecule has 1 aromatic heterocycles. The Kier molecular flexibility index (Phi) is 7.06. The minimum atomic E-state index is -0.464. The van der Waals surface area contributed by atoms with E-state index in [4.69, 9.17) is 4.74 Å². The van der Waals surface area contributed by atoms with E-state index >= 15 is 0 Å². The summed E-state index contributed by atoms with van der Waals surface area (Å²) in [6, 6.07) is 15.1. The van der Waals surface area contributed by atoms with Gasteiger partial charge in [-0.05, 0) is 80.6 Å². The van der Waals surface area contributed by atoms with Crippen LogP contribution in [0, 0.1) is 19.3 Å². The van der Waals surface area contributed by atoms with Crippen molar-refractivity contribution in [1.82, 2.24) is 15.1 Å². The molecule has 174 valence electrons. The van der Waals surface area contributed by atoms with Gasteiger partial charge in [0.05, 0.1) is 18.0 Å². The highest BCUT2D eigenvalue weighted by Crippen LogP contribution is 2.27. The molecular weight excluding hydrogens is 414 g/mol. The van der Waals surface area contributed by atoms with Gasteiger partial charge in [-0.15, -0.1) is 0 Å². The normalized spacial score (nSPS) is 12.3. The second kappa shape index (κ2) is 9.61. The first-order valence-electron chi connectivity index (χ1n) is 11.3. The number of hydrogen-bond donors (Lipinski definition) is 1. The third-order valence-electron chi connectivity index (χ3n) is 6.02. The summed E-state index contributed by atoms with van der Waals surface area (Å²) >= 11 is 0. The number of carbonyl (C=O) groups excluding carboxylic acids is 2. The molecule has 6 heteroatoms. The number of aryl methyl sites for hydroxylation is 2. The van der Waals surface area contributed by atoms with Crippen molar-refractivity contribution in [3.8, 4) is 16.9 Å². The number of aromatic nitrogens is 2. The van der Waals surface area contributed by atoms with Gasteiger partial charge in [0.25, 0.3) is 5.91 Å². The lowest BCUT2D eigenvalue weighted by Crippen LogP contribution is -2.41. The molecule has 0 unspecified atom stereocenters. The molecule has 0 saturated heterocycles. The molecule has 0 saturated carbocycles. The van der Waals surface area contributed by atoms with Gasteiger partial charge < -0.3 is 10.1 Å². The van der Waals surface area contributed by atoms with Gasteiger partial charge >= 0.3 is 5.97 Å². The van der Waals surface area contributed by atoms with Crippen LogP contribution < -0.4 is 5.32 Å². The van der Waals surface area contributed by atoms with Crippen LogP contribution in [-0.2, 0) is 4.74 Å². The molecule has 0 spiro atoms. The lowest BCUT2D eigenvalue weighted by Gasteiger charge is -2.28. The zero-order chi connectivity index (χ0) is 24.3. The van der Waals surface area contributed by atoms with Crippen molar-refractivity contribution >= 4 is 11.9 Å². The van der Waals surface area contributed by atoms with Crippen LogP contribution in [0.5, 0.6) is 0 Å². The predicted octanol–water partition coefficient (Wildman–Crippen LogP) is 5.50. The monoisotopic (exact) mass is 447 g/mol. The Bertz CT molecular complexity index is 1150. The number of nitrogens with one attached hydrogen (secondary N) is 1. The lowest BCUT2D eigenvalue weighted by molar-refractivity contribution is 0.0518. The Balaban J connectivity index is 1.98. The average Bonchev–Trinajstić information content (AvgIpc) is 3.21. The van der Waals surface area contributed by atoms with Crippen molar-refractivity contribution in [1.29, 1.82) is 0 Å². The Labute approximate surface area is 196 Å². The van der Waals surface area contributed by atoms with Crippen LogP contribution in [0.1, 0.15) is 66.6 Å². The van der Waals surface area contributed by atoms with Crippen LogP contribution in [0.2, 0.25) is 0 Å². The molecule has 0 fully saturated rings. The molecule has 33 heavy (non-hydrogen) atoms. The van der Waals surface area contributed by atoms with Gasteiger partial charge in [-0.1, -0.05) is 32.9 Å². The number of esters is 1. The van der Waals surface area contributed by atoms with Crippen LogP contribution in [0.25, 0.3) is 16.9 Å². The molecule has 0 bridgehead atoms. The van der Waals surface area contributed by atoms with E-state index in [-0.39, 0.29) is 29.7 Å². The molecule has 1 heterocycles. The third kappa shape index (κ3) is 5.51. The molecule has 1 atom stereocenters. The van der Waals surface area contributed by atoms with E-state index in [1.54, 1.807) is 29.8 Å². The summed E-state index contributed by atoms with van der Waals surface area (Å²) in [5, 5.41) is 7.58. The molecule has 2 aromatic carbocycles. The van der Waals surface area contributed by atoms with Crippen molar-refractivity contribution in [3.05, 3.63) is 70.9 Å². The summed E-state index contributed by atoms with van der Waals surface area (Å²) in [6.45, 7) is 14.4. The van der Waals surface area contributed by atoms with Crippen molar-refractivity contribution in [2.24, 2.45) is 5.41 Å². The van der Waals surface area contributed by atoms with E-state index in [1.807, 2.05) is 25.1 Å². The molecule has 1 amide bonds. The number of ether oxygens (including phenoxy) is 1. The molecular formula is C27H33N3O3. The fourth-order valence-electron chi connectivity index (χ4n) is 3.24. The van der Waals surface area contributed by atoms with E-state index < -0.39 is 5.97 Å². The van der Waals surface area contributed by atoms with E-state index in [9.17, 15) is 9.59 Å². The first-order chi connectivity index (χ1) is 15.5. The van der Waals surface area contributed by atoms with E-state index in [0.29, 0.717) is 5.56 Å². The summed E-state index contributed by atoms with van der Waals surface area (Å²) in [6.07, 6.45) is 0. The highest BCUT2D eigenvalue weighted by atomic mass is 16.5. The van der Waals surface area contributed by atoms with Gasteiger partial charge in [-0.3, -0.25) is 4.79 Å². The standard InChI is InChI=1S/C27H33N3O3/c1-8-33-26(32)23-16-24(21-10-9-17(2)18(3)15-21)30(29-23)22-13-11-20(12-14-22)25(31)28-19(4)27(5,6)7/h9-16,19H,8H2,1-7H3,(H,28,31)/t19-/m0/s1. The number of hydrogen-bond acceptors (Lipinski definition) is 4. The summed E-state index contributed by atoms with van der Waals surface area (Å²) in [5.41, 5.74) is 5.59. The summed E-state index contributed by atoms with van der Waals surface area (Å²) in [4.78, 5) is 25.0. The number of nitrogens with zero attached hydrogens (tertiary/aromatic N) is 2. The molecule has 0 aliphatic rings. The van der Waals surface area contributed by atoms with E-state index in [2.05, 4.69) is 57.2 Å². The maximum absolute atomic E-state index is 12.7. The summed E-state index contributed by atoms with van der Waals surface area (Å²) in [5.74, 6) is -0.584. The van der Waals surface area contributed by atoms with Crippen LogP contribution in [-0.4, -0.2) is 34.3 Å².